The van der Waals surface area contributed by atoms with Crippen molar-refractivity contribution in [2.45, 2.75) is 83.2 Å². The summed E-state index contributed by atoms with van der Waals surface area (Å²) in [5.41, 5.74) is 6.28. The molecule has 122 valence electrons. The Hall–Kier alpha value is -0.770. The Labute approximate surface area is 129 Å². The summed E-state index contributed by atoms with van der Waals surface area (Å²) < 4.78 is 0. The number of piperidine rings is 1. The summed E-state index contributed by atoms with van der Waals surface area (Å²) in [4.78, 5) is 14.4. The lowest BCUT2D eigenvalue weighted by atomic mass is 9.83. The van der Waals surface area contributed by atoms with Crippen molar-refractivity contribution >= 4 is 6.03 Å². The van der Waals surface area contributed by atoms with Crippen molar-refractivity contribution in [3.05, 3.63) is 0 Å². The van der Waals surface area contributed by atoms with E-state index in [4.69, 9.17) is 5.73 Å². The zero-order valence-electron chi connectivity index (χ0n) is 13.7. The Morgan fingerprint density at radius 1 is 1.14 bits per heavy atom. The van der Waals surface area contributed by atoms with Crippen molar-refractivity contribution in [3.8, 4) is 0 Å². The van der Waals surface area contributed by atoms with E-state index in [1.165, 1.54) is 38.5 Å². The third-order valence-corrected chi connectivity index (χ3v) is 5.25. The predicted octanol–water partition coefficient (Wildman–Crippen LogP) is 3.26. The maximum absolute atomic E-state index is 12.4. The molecular formula is C17H33N3O. The van der Waals surface area contributed by atoms with Gasteiger partial charge in [0.25, 0.3) is 0 Å². The Morgan fingerprint density at radius 2 is 1.76 bits per heavy atom. The lowest BCUT2D eigenvalue weighted by Gasteiger charge is -2.33. The van der Waals surface area contributed by atoms with E-state index in [9.17, 15) is 4.79 Å². The smallest absolute Gasteiger partial charge is 0.317 e. The summed E-state index contributed by atoms with van der Waals surface area (Å²) in [6, 6.07) is 0.340. The van der Waals surface area contributed by atoms with Crippen LogP contribution >= 0.6 is 0 Å². The zero-order valence-corrected chi connectivity index (χ0v) is 13.7. The predicted molar refractivity (Wildman–Crippen MR) is 87.2 cm³/mol. The van der Waals surface area contributed by atoms with Gasteiger partial charge in [0.1, 0.15) is 0 Å². The summed E-state index contributed by atoms with van der Waals surface area (Å²) >= 11 is 0. The number of carbonyl (C=O) groups is 1. The molecule has 21 heavy (non-hydrogen) atoms. The van der Waals surface area contributed by atoms with Crippen LogP contribution in [0.25, 0.3) is 0 Å². The van der Waals surface area contributed by atoms with Crippen LogP contribution in [0, 0.1) is 5.92 Å². The van der Waals surface area contributed by atoms with Crippen molar-refractivity contribution < 1.29 is 4.79 Å². The molecule has 1 saturated carbocycles. The molecule has 2 aliphatic rings. The van der Waals surface area contributed by atoms with Crippen molar-refractivity contribution in [3.63, 3.8) is 0 Å². The molecule has 1 aliphatic carbocycles. The first kappa shape index (κ1) is 16.6. The number of nitrogens with one attached hydrogen (secondary N) is 1. The second-order valence-corrected chi connectivity index (χ2v) is 6.92. The molecule has 2 amide bonds. The Kier molecular flexibility index (Phi) is 6.81. The topological polar surface area (TPSA) is 58.4 Å². The van der Waals surface area contributed by atoms with Gasteiger partial charge in [-0.2, -0.15) is 0 Å². The van der Waals surface area contributed by atoms with Crippen LogP contribution in [-0.4, -0.2) is 36.1 Å². The summed E-state index contributed by atoms with van der Waals surface area (Å²) in [6.45, 7) is 3.93. The number of rotatable bonds is 5. The van der Waals surface area contributed by atoms with Gasteiger partial charge in [-0.1, -0.05) is 39.0 Å². The molecule has 3 N–H and O–H groups in total. The van der Waals surface area contributed by atoms with Gasteiger partial charge in [-0.15, -0.1) is 0 Å². The molecule has 0 spiro atoms. The number of nitrogens with two attached hydrogens (primary N) is 1. The number of nitrogens with zero attached hydrogens (tertiary/aromatic N) is 1. The fourth-order valence-corrected chi connectivity index (χ4v) is 3.75. The highest BCUT2D eigenvalue weighted by atomic mass is 16.2. The van der Waals surface area contributed by atoms with Crippen molar-refractivity contribution in [1.29, 1.82) is 0 Å². The van der Waals surface area contributed by atoms with E-state index in [0.29, 0.717) is 0 Å². The monoisotopic (exact) mass is 295 g/mol. The molecule has 2 atom stereocenters. The Bertz CT molecular complexity index is 309. The molecule has 1 saturated heterocycles. The van der Waals surface area contributed by atoms with Crippen LogP contribution in [0.3, 0.4) is 0 Å². The number of likely N-dealkylation sites (tertiary alicyclic amines) is 1. The average Bonchev–Trinajstić information content (AvgIpc) is 2.55. The molecule has 2 fully saturated rings. The number of carbonyl (C=O) groups excluding carboxylic acids is 1. The second-order valence-electron chi connectivity index (χ2n) is 6.92. The van der Waals surface area contributed by atoms with Gasteiger partial charge in [0.05, 0.1) is 0 Å². The third-order valence-electron chi connectivity index (χ3n) is 5.25. The highest BCUT2D eigenvalue weighted by Gasteiger charge is 2.26. The quantitative estimate of drug-likeness (QED) is 0.818. The van der Waals surface area contributed by atoms with Crippen molar-refractivity contribution in [1.82, 2.24) is 10.2 Å². The normalized spacial score (nSPS) is 23.6. The minimum absolute atomic E-state index is 0.0840. The first-order valence-corrected chi connectivity index (χ1v) is 9.01. The van der Waals surface area contributed by atoms with E-state index in [2.05, 4.69) is 12.2 Å². The SMILES string of the molecule is CC[C@@H](N)[C@@H](CC1CCCCC1)NC(=O)N1CCCCC1. The van der Waals surface area contributed by atoms with Gasteiger partial charge in [-0.05, 0) is 38.0 Å². The first-order valence-electron chi connectivity index (χ1n) is 9.01. The van der Waals surface area contributed by atoms with E-state index in [0.717, 1.165) is 44.7 Å². The molecule has 4 heteroatoms. The second kappa shape index (κ2) is 8.62. The van der Waals surface area contributed by atoms with Gasteiger partial charge in [0.15, 0.2) is 0 Å². The van der Waals surface area contributed by atoms with Crippen LogP contribution < -0.4 is 11.1 Å². The maximum Gasteiger partial charge on any atom is 0.317 e. The van der Waals surface area contributed by atoms with Crippen molar-refractivity contribution in [2.24, 2.45) is 11.7 Å². The van der Waals surface area contributed by atoms with Crippen molar-refractivity contribution in [2.75, 3.05) is 13.1 Å². The Morgan fingerprint density at radius 3 is 2.38 bits per heavy atom. The first-order chi connectivity index (χ1) is 10.2. The zero-order chi connectivity index (χ0) is 15.1. The highest BCUT2D eigenvalue weighted by Crippen LogP contribution is 2.28. The summed E-state index contributed by atoms with van der Waals surface area (Å²) in [6.07, 6.45) is 12.2. The number of amides is 2. The summed E-state index contributed by atoms with van der Waals surface area (Å²) in [7, 11) is 0. The minimum atomic E-state index is 0.0840. The average molecular weight is 295 g/mol. The maximum atomic E-state index is 12.4. The Balaban J connectivity index is 1.86. The van der Waals surface area contributed by atoms with E-state index in [1.807, 2.05) is 4.90 Å². The molecule has 0 radical (unpaired) electrons. The van der Waals surface area contributed by atoms with Crippen LogP contribution in [0.1, 0.15) is 71.1 Å². The van der Waals surface area contributed by atoms with Gasteiger partial charge in [0, 0.05) is 25.2 Å². The standard InChI is InChI=1S/C17H33N3O/c1-2-15(18)16(13-14-9-5-3-6-10-14)19-17(21)20-11-7-4-8-12-20/h14-16H,2-13,18H2,1H3,(H,19,21)/t15-,16-/m1/s1. The molecule has 0 aromatic rings. The van der Waals surface area contributed by atoms with Gasteiger partial charge >= 0.3 is 6.03 Å². The number of urea groups is 1. The van der Waals surface area contributed by atoms with Crippen LogP contribution in [0.5, 0.6) is 0 Å². The molecule has 1 aliphatic heterocycles. The molecule has 0 bridgehead atoms. The summed E-state index contributed by atoms with van der Waals surface area (Å²) in [5.74, 6) is 0.753. The summed E-state index contributed by atoms with van der Waals surface area (Å²) in [5, 5.41) is 3.25. The molecule has 1 heterocycles. The fourth-order valence-electron chi connectivity index (χ4n) is 3.75. The van der Waals surface area contributed by atoms with Gasteiger partial charge in [-0.3, -0.25) is 0 Å². The molecular weight excluding hydrogens is 262 g/mol. The molecule has 0 aromatic heterocycles. The van der Waals surface area contributed by atoms with E-state index in [-0.39, 0.29) is 18.1 Å². The van der Waals surface area contributed by atoms with Crippen LogP contribution in [0.2, 0.25) is 0 Å². The fraction of sp³-hybridized carbons (Fsp3) is 0.941. The minimum Gasteiger partial charge on any atom is -0.334 e. The largest absolute Gasteiger partial charge is 0.334 e. The van der Waals surface area contributed by atoms with E-state index < -0.39 is 0 Å². The molecule has 0 unspecified atom stereocenters. The highest BCUT2D eigenvalue weighted by molar-refractivity contribution is 5.74. The van der Waals surface area contributed by atoms with Crippen LogP contribution in [0.15, 0.2) is 0 Å². The lowest BCUT2D eigenvalue weighted by Crippen LogP contribution is -2.53. The van der Waals surface area contributed by atoms with Crippen LogP contribution in [-0.2, 0) is 0 Å². The molecule has 0 aromatic carbocycles. The number of hydrogen-bond acceptors (Lipinski definition) is 2. The van der Waals surface area contributed by atoms with Gasteiger partial charge < -0.3 is 16.0 Å². The van der Waals surface area contributed by atoms with Gasteiger partial charge in [-0.25, -0.2) is 4.79 Å². The molecule has 4 nitrogen and oxygen atoms in total. The lowest BCUT2D eigenvalue weighted by molar-refractivity contribution is 0.175. The van der Waals surface area contributed by atoms with E-state index in [1.54, 1.807) is 0 Å². The number of hydrogen-bond donors (Lipinski definition) is 2. The third kappa shape index (κ3) is 5.17. The van der Waals surface area contributed by atoms with E-state index >= 15 is 0 Å². The van der Waals surface area contributed by atoms with Crippen LogP contribution in [0.4, 0.5) is 4.79 Å². The molecule has 2 rings (SSSR count). The van der Waals surface area contributed by atoms with Gasteiger partial charge in [0.2, 0.25) is 0 Å².